The lowest BCUT2D eigenvalue weighted by Gasteiger charge is -2.26. The van der Waals surface area contributed by atoms with E-state index >= 15 is 0 Å². The summed E-state index contributed by atoms with van der Waals surface area (Å²) in [7, 11) is 3.92. The molecule has 1 rings (SSSR count). The van der Waals surface area contributed by atoms with Crippen molar-refractivity contribution in [3.63, 3.8) is 0 Å². The largest absolute Gasteiger partial charge is 0.378 e. The standard InChI is InChI=1S/C14H23N3O/c1-14(2,3)12(15)13(18)16-10-7-6-8-11(9-10)17(4)5/h6-9,12H,15H2,1-5H3,(H,16,18). The molecule has 0 saturated carbocycles. The van der Waals surface area contributed by atoms with E-state index in [0.29, 0.717) is 0 Å². The minimum absolute atomic E-state index is 0.154. The van der Waals surface area contributed by atoms with Crippen LogP contribution in [0.5, 0.6) is 0 Å². The Morgan fingerprint density at radius 2 is 1.94 bits per heavy atom. The first-order chi connectivity index (χ1) is 8.21. The highest BCUT2D eigenvalue weighted by Crippen LogP contribution is 2.21. The molecular weight excluding hydrogens is 226 g/mol. The average Bonchev–Trinajstić information content (AvgIpc) is 2.27. The van der Waals surface area contributed by atoms with Crippen molar-refractivity contribution in [2.45, 2.75) is 26.8 Å². The highest BCUT2D eigenvalue weighted by molar-refractivity contribution is 5.95. The van der Waals surface area contributed by atoms with Gasteiger partial charge in [0.15, 0.2) is 0 Å². The van der Waals surface area contributed by atoms with E-state index in [1.165, 1.54) is 0 Å². The fourth-order valence-corrected chi connectivity index (χ4v) is 1.48. The molecule has 100 valence electrons. The zero-order valence-electron chi connectivity index (χ0n) is 11.8. The SMILES string of the molecule is CN(C)c1cccc(NC(=O)C(N)C(C)(C)C)c1. The van der Waals surface area contributed by atoms with Gasteiger partial charge >= 0.3 is 0 Å². The molecule has 4 heteroatoms. The number of benzene rings is 1. The topological polar surface area (TPSA) is 58.4 Å². The molecule has 0 aromatic heterocycles. The average molecular weight is 249 g/mol. The Labute approximate surface area is 109 Å². The molecule has 1 atom stereocenters. The molecule has 0 aliphatic rings. The highest BCUT2D eigenvalue weighted by Gasteiger charge is 2.27. The monoisotopic (exact) mass is 249 g/mol. The van der Waals surface area contributed by atoms with Crippen LogP contribution in [0.4, 0.5) is 11.4 Å². The van der Waals surface area contributed by atoms with Crippen LogP contribution in [0.25, 0.3) is 0 Å². The number of nitrogens with one attached hydrogen (secondary N) is 1. The maximum absolute atomic E-state index is 12.0. The van der Waals surface area contributed by atoms with Crippen LogP contribution >= 0.6 is 0 Å². The Balaban J connectivity index is 2.79. The molecule has 0 saturated heterocycles. The fraction of sp³-hybridized carbons (Fsp3) is 0.500. The molecule has 0 aliphatic heterocycles. The Kier molecular flexibility index (Phi) is 4.35. The van der Waals surface area contributed by atoms with Crippen LogP contribution in [0.3, 0.4) is 0 Å². The number of anilines is 2. The molecule has 4 nitrogen and oxygen atoms in total. The highest BCUT2D eigenvalue weighted by atomic mass is 16.2. The number of amides is 1. The molecule has 1 aromatic carbocycles. The second kappa shape index (κ2) is 5.40. The maximum atomic E-state index is 12.0. The van der Waals surface area contributed by atoms with Crippen LogP contribution in [0.1, 0.15) is 20.8 Å². The smallest absolute Gasteiger partial charge is 0.241 e. The lowest BCUT2D eigenvalue weighted by atomic mass is 9.87. The minimum Gasteiger partial charge on any atom is -0.378 e. The Morgan fingerprint density at radius 1 is 1.33 bits per heavy atom. The van der Waals surface area contributed by atoms with Crippen molar-refractivity contribution in [1.29, 1.82) is 0 Å². The molecule has 0 bridgehead atoms. The summed E-state index contributed by atoms with van der Waals surface area (Å²) in [5.41, 5.74) is 7.48. The van der Waals surface area contributed by atoms with E-state index in [1.807, 2.05) is 64.0 Å². The van der Waals surface area contributed by atoms with Crippen molar-refractivity contribution < 1.29 is 4.79 Å². The molecular formula is C14H23N3O. The summed E-state index contributed by atoms with van der Waals surface area (Å²) in [6.45, 7) is 5.86. The van der Waals surface area contributed by atoms with Crippen LogP contribution in [0, 0.1) is 5.41 Å². The van der Waals surface area contributed by atoms with Crippen molar-refractivity contribution in [1.82, 2.24) is 0 Å². The van der Waals surface area contributed by atoms with Gasteiger partial charge in [-0.2, -0.15) is 0 Å². The Morgan fingerprint density at radius 3 is 2.44 bits per heavy atom. The van der Waals surface area contributed by atoms with Gasteiger partial charge in [0.25, 0.3) is 0 Å². The van der Waals surface area contributed by atoms with E-state index in [4.69, 9.17) is 5.73 Å². The van der Waals surface area contributed by atoms with Gasteiger partial charge in [-0.3, -0.25) is 4.79 Å². The van der Waals surface area contributed by atoms with Gasteiger partial charge in [0.1, 0.15) is 0 Å². The Hall–Kier alpha value is -1.55. The summed E-state index contributed by atoms with van der Waals surface area (Å²) >= 11 is 0. The number of nitrogens with zero attached hydrogens (tertiary/aromatic N) is 1. The molecule has 0 aliphatic carbocycles. The summed E-state index contributed by atoms with van der Waals surface area (Å²) in [6.07, 6.45) is 0. The van der Waals surface area contributed by atoms with Crippen LogP contribution in [0.15, 0.2) is 24.3 Å². The van der Waals surface area contributed by atoms with E-state index in [-0.39, 0.29) is 11.3 Å². The van der Waals surface area contributed by atoms with Crippen molar-refractivity contribution in [2.75, 3.05) is 24.3 Å². The first kappa shape index (κ1) is 14.5. The van der Waals surface area contributed by atoms with Crippen LogP contribution in [-0.4, -0.2) is 26.0 Å². The summed E-state index contributed by atoms with van der Waals surface area (Å²) in [5, 5.41) is 2.85. The summed E-state index contributed by atoms with van der Waals surface area (Å²) < 4.78 is 0. The normalized spacial score (nSPS) is 13.0. The van der Waals surface area contributed by atoms with Gasteiger partial charge in [0.2, 0.25) is 5.91 Å². The molecule has 0 fully saturated rings. The third kappa shape index (κ3) is 3.74. The first-order valence-corrected chi connectivity index (χ1v) is 6.05. The lowest BCUT2D eigenvalue weighted by molar-refractivity contribution is -0.119. The molecule has 18 heavy (non-hydrogen) atoms. The van der Waals surface area contributed by atoms with Crippen molar-refractivity contribution >= 4 is 17.3 Å². The van der Waals surface area contributed by atoms with Crippen LogP contribution in [0.2, 0.25) is 0 Å². The number of hydrogen-bond donors (Lipinski definition) is 2. The lowest BCUT2D eigenvalue weighted by Crippen LogP contribution is -2.45. The summed E-state index contributed by atoms with van der Waals surface area (Å²) in [6, 6.07) is 7.15. The van der Waals surface area contributed by atoms with Gasteiger partial charge in [0, 0.05) is 25.5 Å². The molecule has 1 unspecified atom stereocenters. The number of hydrogen-bond acceptors (Lipinski definition) is 3. The van der Waals surface area contributed by atoms with Gasteiger partial charge in [-0.25, -0.2) is 0 Å². The zero-order chi connectivity index (χ0) is 13.9. The van der Waals surface area contributed by atoms with Crippen molar-refractivity contribution in [3.05, 3.63) is 24.3 Å². The summed E-state index contributed by atoms with van der Waals surface area (Å²) in [5.74, 6) is -0.154. The Bertz CT molecular complexity index is 421. The first-order valence-electron chi connectivity index (χ1n) is 6.05. The zero-order valence-corrected chi connectivity index (χ0v) is 11.8. The predicted molar refractivity (Wildman–Crippen MR) is 76.8 cm³/mol. The van der Waals surface area contributed by atoms with Gasteiger partial charge in [0.05, 0.1) is 6.04 Å². The molecule has 1 amide bonds. The number of carbonyl (C=O) groups is 1. The summed E-state index contributed by atoms with van der Waals surface area (Å²) in [4.78, 5) is 14.0. The van der Waals surface area contributed by atoms with E-state index in [9.17, 15) is 4.79 Å². The van der Waals surface area contributed by atoms with Gasteiger partial charge < -0.3 is 16.0 Å². The van der Waals surface area contributed by atoms with E-state index in [0.717, 1.165) is 11.4 Å². The minimum atomic E-state index is -0.527. The van der Waals surface area contributed by atoms with Gasteiger partial charge in [-0.1, -0.05) is 26.8 Å². The molecule has 1 aromatic rings. The second-order valence-corrected chi connectivity index (χ2v) is 5.78. The van der Waals surface area contributed by atoms with Crippen molar-refractivity contribution in [2.24, 2.45) is 11.1 Å². The third-order valence-electron chi connectivity index (χ3n) is 2.85. The van der Waals surface area contributed by atoms with Crippen LogP contribution < -0.4 is 16.0 Å². The fourth-order valence-electron chi connectivity index (χ4n) is 1.48. The predicted octanol–water partition coefficient (Wildman–Crippen LogP) is 2.06. The van der Waals surface area contributed by atoms with Gasteiger partial charge in [-0.05, 0) is 23.6 Å². The van der Waals surface area contributed by atoms with E-state index in [1.54, 1.807) is 0 Å². The van der Waals surface area contributed by atoms with E-state index in [2.05, 4.69) is 5.32 Å². The second-order valence-electron chi connectivity index (χ2n) is 5.78. The molecule has 0 radical (unpaired) electrons. The van der Waals surface area contributed by atoms with E-state index < -0.39 is 6.04 Å². The van der Waals surface area contributed by atoms with Crippen molar-refractivity contribution in [3.8, 4) is 0 Å². The quantitative estimate of drug-likeness (QED) is 0.862. The molecule has 0 spiro atoms. The number of rotatable bonds is 3. The number of carbonyl (C=O) groups excluding carboxylic acids is 1. The van der Waals surface area contributed by atoms with Gasteiger partial charge in [-0.15, -0.1) is 0 Å². The maximum Gasteiger partial charge on any atom is 0.241 e. The van der Waals surface area contributed by atoms with Crippen LogP contribution in [-0.2, 0) is 4.79 Å². The third-order valence-corrected chi connectivity index (χ3v) is 2.85. The number of nitrogens with two attached hydrogens (primary N) is 1. The molecule has 0 heterocycles. The molecule has 3 N–H and O–H groups in total.